The SMILES string of the molecule is FC(F)(F)c1ccc(-c2nccc3cc(SNc4ccncn4)ccc23)c(Br)c1. The first-order valence-corrected chi connectivity index (χ1v) is 9.97. The molecule has 4 nitrogen and oxygen atoms in total. The van der Waals surface area contributed by atoms with Gasteiger partial charge in [-0.15, -0.1) is 0 Å². The van der Waals surface area contributed by atoms with Crippen molar-refractivity contribution in [1.82, 2.24) is 15.0 Å². The van der Waals surface area contributed by atoms with Gasteiger partial charge in [-0.05, 0) is 53.7 Å². The first kappa shape index (κ1) is 19.7. The lowest BCUT2D eigenvalue weighted by atomic mass is 10.0. The molecule has 0 aliphatic carbocycles. The number of hydrogen-bond acceptors (Lipinski definition) is 5. The van der Waals surface area contributed by atoms with Crippen molar-refractivity contribution in [2.75, 3.05) is 4.72 Å². The lowest BCUT2D eigenvalue weighted by molar-refractivity contribution is -0.137. The normalized spacial score (nSPS) is 11.6. The highest BCUT2D eigenvalue weighted by atomic mass is 79.9. The molecule has 0 saturated heterocycles. The quantitative estimate of drug-likeness (QED) is 0.336. The predicted molar refractivity (Wildman–Crippen MR) is 111 cm³/mol. The van der Waals surface area contributed by atoms with Crippen LogP contribution in [0, 0.1) is 0 Å². The van der Waals surface area contributed by atoms with Crippen LogP contribution in [0.1, 0.15) is 5.56 Å². The van der Waals surface area contributed by atoms with Crippen LogP contribution in [0.3, 0.4) is 0 Å². The molecule has 0 saturated carbocycles. The van der Waals surface area contributed by atoms with Gasteiger partial charge in [0, 0.05) is 32.7 Å². The van der Waals surface area contributed by atoms with Gasteiger partial charge in [0.1, 0.15) is 12.1 Å². The summed E-state index contributed by atoms with van der Waals surface area (Å²) in [5.41, 5.74) is 0.509. The predicted octanol–water partition coefficient (Wildman–Crippen LogP) is 6.59. The molecule has 9 heteroatoms. The van der Waals surface area contributed by atoms with Crippen molar-refractivity contribution in [2.45, 2.75) is 11.1 Å². The molecular formula is C20H12BrF3N4S. The highest BCUT2D eigenvalue weighted by Gasteiger charge is 2.31. The Labute approximate surface area is 176 Å². The van der Waals surface area contributed by atoms with Gasteiger partial charge in [-0.1, -0.05) is 28.1 Å². The van der Waals surface area contributed by atoms with Crippen LogP contribution < -0.4 is 4.72 Å². The average molecular weight is 477 g/mol. The molecule has 2 heterocycles. The van der Waals surface area contributed by atoms with Crippen LogP contribution in [0.5, 0.6) is 0 Å². The van der Waals surface area contributed by atoms with Gasteiger partial charge in [0.05, 0.1) is 11.3 Å². The van der Waals surface area contributed by atoms with E-state index in [2.05, 4.69) is 35.6 Å². The minimum absolute atomic E-state index is 0.344. The van der Waals surface area contributed by atoms with E-state index in [1.54, 1.807) is 18.5 Å². The lowest BCUT2D eigenvalue weighted by Crippen LogP contribution is -2.04. The Bertz CT molecular complexity index is 1170. The third-order valence-electron chi connectivity index (χ3n) is 4.14. The second-order valence-electron chi connectivity index (χ2n) is 6.03. The van der Waals surface area contributed by atoms with E-state index in [1.165, 1.54) is 24.3 Å². The molecule has 0 radical (unpaired) electrons. The van der Waals surface area contributed by atoms with Crippen molar-refractivity contribution in [3.8, 4) is 11.3 Å². The number of hydrogen-bond donors (Lipinski definition) is 1. The maximum absolute atomic E-state index is 12.9. The third kappa shape index (κ3) is 4.35. The number of pyridine rings is 1. The van der Waals surface area contributed by atoms with Gasteiger partial charge in [-0.25, -0.2) is 9.97 Å². The van der Waals surface area contributed by atoms with Crippen LogP contribution in [0.25, 0.3) is 22.0 Å². The van der Waals surface area contributed by atoms with Gasteiger partial charge < -0.3 is 4.72 Å². The molecule has 4 aromatic rings. The molecule has 2 aromatic heterocycles. The number of alkyl halides is 3. The average Bonchev–Trinajstić information content (AvgIpc) is 2.72. The molecule has 0 unspecified atom stereocenters. The molecule has 0 spiro atoms. The molecule has 0 fully saturated rings. The molecule has 29 heavy (non-hydrogen) atoms. The van der Waals surface area contributed by atoms with Gasteiger partial charge in [0.15, 0.2) is 0 Å². The maximum atomic E-state index is 12.9. The fraction of sp³-hybridized carbons (Fsp3) is 0.0500. The van der Waals surface area contributed by atoms with Gasteiger partial charge in [0.2, 0.25) is 0 Å². The number of benzene rings is 2. The summed E-state index contributed by atoms with van der Waals surface area (Å²) >= 11 is 4.66. The van der Waals surface area contributed by atoms with E-state index < -0.39 is 11.7 Å². The van der Waals surface area contributed by atoms with Crippen LogP contribution in [0.2, 0.25) is 0 Å². The largest absolute Gasteiger partial charge is 0.416 e. The first-order valence-electron chi connectivity index (χ1n) is 8.36. The molecule has 146 valence electrons. The van der Waals surface area contributed by atoms with Crippen molar-refractivity contribution in [2.24, 2.45) is 0 Å². The molecule has 0 bridgehead atoms. The van der Waals surface area contributed by atoms with Crippen molar-refractivity contribution >= 4 is 44.5 Å². The van der Waals surface area contributed by atoms with E-state index in [4.69, 9.17) is 0 Å². The fourth-order valence-electron chi connectivity index (χ4n) is 2.78. The second-order valence-corrected chi connectivity index (χ2v) is 7.77. The molecule has 0 aliphatic heterocycles. The Morgan fingerprint density at radius 1 is 0.931 bits per heavy atom. The summed E-state index contributed by atoms with van der Waals surface area (Å²) in [6.07, 6.45) is 0.364. The van der Waals surface area contributed by atoms with Crippen molar-refractivity contribution in [3.05, 3.63) is 77.3 Å². The zero-order chi connectivity index (χ0) is 20.4. The van der Waals surface area contributed by atoms with Crippen LogP contribution in [-0.4, -0.2) is 15.0 Å². The summed E-state index contributed by atoms with van der Waals surface area (Å²) in [4.78, 5) is 13.3. The maximum Gasteiger partial charge on any atom is 0.416 e. The lowest BCUT2D eigenvalue weighted by Gasteiger charge is -2.12. The highest BCUT2D eigenvalue weighted by molar-refractivity contribution is 9.10. The molecule has 1 N–H and O–H groups in total. The third-order valence-corrected chi connectivity index (χ3v) is 5.60. The summed E-state index contributed by atoms with van der Waals surface area (Å²) in [7, 11) is 0. The Morgan fingerprint density at radius 2 is 1.79 bits per heavy atom. The first-order chi connectivity index (χ1) is 13.9. The van der Waals surface area contributed by atoms with E-state index in [-0.39, 0.29) is 0 Å². The summed E-state index contributed by atoms with van der Waals surface area (Å²) in [6, 6.07) is 13.0. The van der Waals surface area contributed by atoms with Crippen molar-refractivity contribution in [1.29, 1.82) is 0 Å². The summed E-state index contributed by atoms with van der Waals surface area (Å²) in [5, 5.41) is 1.77. The molecule has 4 rings (SSSR count). The second kappa shape index (κ2) is 8.00. The van der Waals surface area contributed by atoms with Crippen molar-refractivity contribution < 1.29 is 13.2 Å². The van der Waals surface area contributed by atoms with E-state index in [9.17, 15) is 13.2 Å². The number of aromatic nitrogens is 3. The number of nitrogens with zero attached hydrogens (tertiary/aromatic N) is 3. The Balaban J connectivity index is 1.66. The standard InChI is InChI=1S/C20H12BrF3N4S/c21-17-10-13(20(22,23)24)1-3-16(17)19-15-4-2-14(9-12(15)5-8-26-19)29-28-18-6-7-25-11-27-18/h1-11H,(H,25,27,28). The monoisotopic (exact) mass is 476 g/mol. The fourth-order valence-corrected chi connectivity index (χ4v) is 4.01. The Morgan fingerprint density at radius 3 is 2.52 bits per heavy atom. The summed E-state index contributed by atoms with van der Waals surface area (Å²) < 4.78 is 42.3. The van der Waals surface area contributed by atoms with E-state index in [0.29, 0.717) is 21.5 Å². The molecule has 0 atom stereocenters. The Hall–Kier alpha value is -2.65. The summed E-state index contributed by atoms with van der Waals surface area (Å²) in [6.45, 7) is 0. The van der Waals surface area contributed by atoms with E-state index >= 15 is 0 Å². The van der Waals surface area contributed by atoms with Gasteiger partial charge in [-0.3, -0.25) is 4.98 Å². The van der Waals surface area contributed by atoms with E-state index in [1.807, 2.05) is 24.3 Å². The number of anilines is 1. The van der Waals surface area contributed by atoms with Gasteiger partial charge in [0.25, 0.3) is 0 Å². The summed E-state index contributed by atoms with van der Waals surface area (Å²) in [5.74, 6) is 0.689. The minimum Gasteiger partial charge on any atom is -0.310 e. The number of halogens is 4. The molecular weight excluding hydrogens is 465 g/mol. The number of fused-ring (bicyclic) bond motifs is 1. The van der Waals surface area contributed by atoms with Crippen LogP contribution >= 0.6 is 27.9 Å². The van der Waals surface area contributed by atoms with Gasteiger partial charge in [-0.2, -0.15) is 13.2 Å². The smallest absolute Gasteiger partial charge is 0.310 e. The molecule has 2 aromatic carbocycles. The minimum atomic E-state index is -4.39. The molecule has 0 aliphatic rings. The van der Waals surface area contributed by atoms with Gasteiger partial charge >= 0.3 is 6.18 Å². The van der Waals surface area contributed by atoms with Crippen LogP contribution in [-0.2, 0) is 6.18 Å². The van der Waals surface area contributed by atoms with Crippen molar-refractivity contribution in [3.63, 3.8) is 0 Å². The zero-order valence-corrected chi connectivity index (χ0v) is 17.0. The van der Waals surface area contributed by atoms with Crippen LogP contribution in [0.15, 0.2) is 76.6 Å². The van der Waals surface area contributed by atoms with Crippen LogP contribution in [0.4, 0.5) is 19.0 Å². The zero-order valence-electron chi connectivity index (χ0n) is 14.6. The topological polar surface area (TPSA) is 50.7 Å². The Kier molecular flexibility index (Phi) is 5.42. The number of nitrogens with one attached hydrogen (secondary N) is 1. The number of rotatable bonds is 4. The highest BCUT2D eigenvalue weighted by Crippen LogP contribution is 2.37. The van der Waals surface area contributed by atoms with E-state index in [0.717, 1.165) is 27.8 Å². The molecule has 0 amide bonds.